The lowest BCUT2D eigenvalue weighted by Gasteiger charge is -2.11. The molecule has 0 radical (unpaired) electrons. The van der Waals surface area contributed by atoms with E-state index >= 15 is 0 Å². The van der Waals surface area contributed by atoms with E-state index in [1.165, 1.54) is 11.5 Å². The third-order valence-electron chi connectivity index (χ3n) is 3.70. The van der Waals surface area contributed by atoms with Gasteiger partial charge in [-0.3, -0.25) is 0 Å². The molecule has 4 nitrogen and oxygen atoms in total. The molecule has 0 aliphatic rings. The Balaban J connectivity index is 2.20. The second-order valence-electron chi connectivity index (χ2n) is 6.05. The summed E-state index contributed by atoms with van der Waals surface area (Å²) in [6.45, 7) is 11.4. The van der Waals surface area contributed by atoms with Gasteiger partial charge in [0, 0.05) is 31.2 Å². The second-order valence-corrected chi connectivity index (χ2v) is 6.82. The van der Waals surface area contributed by atoms with Gasteiger partial charge >= 0.3 is 0 Å². The first-order chi connectivity index (χ1) is 10.9. The standard InChI is InChI=1S/C18H25N3OS/c1-7-21(6)11-19-16-8-14(5)17(9-13(16)4)22-18-10-15(12(2)3)20-23-18/h8-12H,7H2,1-6H3. The summed E-state index contributed by atoms with van der Waals surface area (Å²) in [6.07, 6.45) is 1.86. The quantitative estimate of drug-likeness (QED) is 0.533. The molecule has 0 saturated heterocycles. The Morgan fingerprint density at radius 3 is 2.61 bits per heavy atom. The number of aromatic nitrogens is 1. The van der Waals surface area contributed by atoms with E-state index in [0.29, 0.717) is 5.92 Å². The van der Waals surface area contributed by atoms with Crippen LogP contribution in [0, 0.1) is 13.8 Å². The summed E-state index contributed by atoms with van der Waals surface area (Å²) in [5.41, 5.74) is 4.21. The van der Waals surface area contributed by atoms with Crippen LogP contribution in [0.2, 0.25) is 0 Å². The van der Waals surface area contributed by atoms with Crippen molar-refractivity contribution in [3.05, 3.63) is 35.0 Å². The Labute approximate surface area is 143 Å². The molecule has 0 bridgehead atoms. The van der Waals surface area contributed by atoms with Crippen LogP contribution in [-0.4, -0.2) is 29.2 Å². The predicted octanol–water partition coefficient (Wildman–Crippen LogP) is 5.29. The molecule has 0 N–H and O–H groups in total. The largest absolute Gasteiger partial charge is 0.445 e. The molecule has 0 atom stereocenters. The molecule has 0 amide bonds. The first-order valence-electron chi connectivity index (χ1n) is 7.90. The molecule has 23 heavy (non-hydrogen) atoms. The van der Waals surface area contributed by atoms with Crippen LogP contribution in [0.3, 0.4) is 0 Å². The minimum absolute atomic E-state index is 0.415. The summed E-state index contributed by atoms with van der Waals surface area (Å²) in [7, 11) is 2.01. The molecular formula is C18H25N3OS. The minimum atomic E-state index is 0.415. The maximum absolute atomic E-state index is 6.02. The molecule has 0 spiro atoms. The Hall–Kier alpha value is -1.88. The summed E-state index contributed by atoms with van der Waals surface area (Å²) in [5.74, 6) is 1.28. The van der Waals surface area contributed by atoms with E-state index in [1.807, 2.05) is 37.3 Å². The van der Waals surface area contributed by atoms with Crippen LogP contribution in [0.1, 0.15) is 43.5 Å². The molecule has 0 saturated carbocycles. The molecule has 2 aromatic rings. The normalized spacial score (nSPS) is 11.4. The van der Waals surface area contributed by atoms with Gasteiger partial charge in [-0.15, -0.1) is 0 Å². The molecule has 0 fully saturated rings. The van der Waals surface area contributed by atoms with Crippen molar-refractivity contribution < 1.29 is 4.74 Å². The fourth-order valence-electron chi connectivity index (χ4n) is 1.97. The fraction of sp³-hybridized carbons (Fsp3) is 0.444. The number of ether oxygens (including phenoxy) is 1. The maximum atomic E-state index is 6.02. The SMILES string of the molecule is CCN(C)C=Nc1cc(C)c(Oc2cc(C(C)C)ns2)cc1C. The highest BCUT2D eigenvalue weighted by Gasteiger charge is 2.10. The van der Waals surface area contributed by atoms with Crippen LogP contribution in [0.4, 0.5) is 5.69 Å². The number of hydrogen-bond acceptors (Lipinski definition) is 4. The number of aliphatic imine (C=N–C) groups is 1. The Morgan fingerprint density at radius 1 is 1.26 bits per heavy atom. The van der Waals surface area contributed by atoms with Gasteiger partial charge in [-0.25, -0.2) is 4.99 Å². The first-order valence-corrected chi connectivity index (χ1v) is 8.68. The van der Waals surface area contributed by atoms with Crippen molar-refractivity contribution in [3.63, 3.8) is 0 Å². The van der Waals surface area contributed by atoms with E-state index in [9.17, 15) is 0 Å². The van der Waals surface area contributed by atoms with Crippen molar-refractivity contribution in [2.45, 2.75) is 40.5 Å². The zero-order valence-electron chi connectivity index (χ0n) is 14.8. The summed E-state index contributed by atoms with van der Waals surface area (Å²) in [4.78, 5) is 6.59. The summed E-state index contributed by atoms with van der Waals surface area (Å²) in [5, 5.41) is 0.832. The van der Waals surface area contributed by atoms with Crippen LogP contribution >= 0.6 is 11.5 Å². The average molecular weight is 331 g/mol. The molecule has 1 aromatic carbocycles. The molecule has 1 heterocycles. The van der Waals surface area contributed by atoms with Gasteiger partial charge in [0.25, 0.3) is 0 Å². The Morgan fingerprint density at radius 2 is 2.00 bits per heavy atom. The first kappa shape index (κ1) is 17.5. The number of rotatable bonds is 6. The van der Waals surface area contributed by atoms with Crippen LogP contribution < -0.4 is 4.74 Å². The van der Waals surface area contributed by atoms with Gasteiger partial charge in [0.2, 0.25) is 0 Å². The predicted molar refractivity (Wildman–Crippen MR) is 98.6 cm³/mol. The van der Waals surface area contributed by atoms with Crippen molar-refractivity contribution >= 4 is 23.6 Å². The van der Waals surface area contributed by atoms with Gasteiger partial charge < -0.3 is 9.64 Å². The van der Waals surface area contributed by atoms with E-state index < -0.39 is 0 Å². The molecule has 0 unspecified atom stereocenters. The number of benzene rings is 1. The molecule has 0 aliphatic heterocycles. The lowest BCUT2D eigenvalue weighted by Crippen LogP contribution is -2.14. The van der Waals surface area contributed by atoms with E-state index in [2.05, 4.69) is 43.1 Å². The van der Waals surface area contributed by atoms with Crippen LogP contribution in [0.15, 0.2) is 23.2 Å². The fourth-order valence-corrected chi connectivity index (χ4v) is 2.73. The Kier molecular flexibility index (Phi) is 5.77. The monoisotopic (exact) mass is 331 g/mol. The molecule has 2 rings (SSSR count). The zero-order valence-corrected chi connectivity index (χ0v) is 15.6. The van der Waals surface area contributed by atoms with Gasteiger partial charge in [-0.2, -0.15) is 4.37 Å². The number of hydrogen-bond donors (Lipinski definition) is 0. The summed E-state index contributed by atoms with van der Waals surface area (Å²) < 4.78 is 10.4. The molecule has 124 valence electrons. The smallest absolute Gasteiger partial charge is 0.200 e. The maximum Gasteiger partial charge on any atom is 0.200 e. The van der Waals surface area contributed by atoms with Gasteiger partial charge in [-0.05, 0) is 49.9 Å². The molecule has 1 aromatic heterocycles. The summed E-state index contributed by atoms with van der Waals surface area (Å²) in [6, 6.07) is 6.13. The van der Waals surface area contributed by atoms with E-state index in [1.54, 1.807) is 0 Å². The van der Waals surface area contributed by atoms with Crippen molar-refractivity contribution in [1.29, 1.82) is 0 Å². The van der Waals surface area contributed by atoms with Crippen LogP contribution in [0.25, 0.3) is 0 Å². The number of aryl methyl sites for hydroxylation is 2. The average Bonchev–Trinajstić information content (AvgIpc) is 2.97. The van der Waals surface area contributed by atoms with E-state index in [0.717, 1.165) is 39.9 Å². The minimum Gasteiger partial charge on any atom is -0.445 e. The van der Waals surface area contributed by atoms with Gasteiger partial charge in [0.15, 0.2) is 5.06 Å². The van der Waals surface area contributed by atoms with Gasteiger partial charge in [-0.1, -0.05) is 13.8 Å². The molecular weight excluding hydrogens is 306 g/mol. The number of nitrogens with zero attached hydrogens (tertiary/aromatic N) is 3. The van der Waals surface area contributed by atoms with Crippen molar-refractivity contribution in [2.24, 2.45) is 4.99 Å². The summed E-state index contributed by atoms with van der Waals surface area (Å²) >= 11 is 1.40. The lowest BCUT2D eigenvalue weighted by molar-refractivity contribution is 0.491. The van der Waals surface area contributed by atoms with E-state index in [4.69, 9.17) is 4.74 Å². The highest BCUT2D eigenvalue weighted by atomic mass is 32.1. The third-order valence-corrected chi connectivity index (χ3v) is 4.38. The van der Waals surface area contributed by atoms with Gasteiger partial charge in [0.1, 0.15) is 5.75 Å². The molecule has 0 aliphatic carbocycles. The topological polar surface area (TPSA) is 37.7 Å². The zero-order chi connectivity index (χ0) is 17.0. The van der Waals surface area contributed by atoms with Gasteiger partial charge in [0.05, 0.1) is 17.7 Å². The highest BCUT2D eigenvalue weighted by Crippen LogP contribution is 2.34. The van der Waals surface area contributed by atoms with Crippen LogP contribution in [0.5, 0.6) is 10.8 Å². The van der Waals surface area contributed by atoms with E-state index in [-0.39, 0.29) is 0 Å². The Bertz CT molecular complexity index is 692. The molecule has 5 heteroatoms. The van der Waals surface area contributed by atoms with Crippen LogP contribution in [-0.2, 0) is 0 Å². The second kappa shape index (κ2) is 7.59. The third kappa shape index (κ3) is 4.55. The van der Waals surface area contributed by atoms with Crippen molar-refractivity contribution in [3.8, 4) is 10.8 Å². The van der Waals surface area contributed by atoms with Crippen molar-refractivity contribution in [2.75, 3.05) is 13.6 Å². The highest BCUT2D eigenvalue weighted by molar-refractivity contribution is 7.07. The lowest BCUT2D eigenvalue weighted by atomic mass is 10.1. The van der Waals surface area contributed by atoms with Crippen molar-refractivity contribution in [1.82, 2.24) is 9.27 Å².